The molecule has 0 fully saturated rings. The van der Waals surface area contributed by atoms with Gasteiger partial charge in [-0.3, -0.25) is 0 Å². The van der Waals surface area contributed by atoms with Crippen molar-refractivity contribution in [2.24, 2.45) is 0 Å². The Kier molecular flexibility index (Phi) is 16.0. The van der Waals surface area contributed by atoms with E-state index in [9.17, 15) is 4.21 Å². The number of hydrogen-bond acceptors (Lipinski definition) is 3. The summed E-state index contributed by atoms with van der Waals surface area (Å²) < 4.78 is 17.5. The first-order valence-electron chi connectivity index (χ1n) is 8.37. The molecule has 19 heavy (non-hydrogen) atoms. The molecule has 0 saturated carbocycles. The molecule has 0 aliphatic rings. The Labute approximate surface area is 122 Å². The highest BCUT2D eigenvalue weighted by atomic mass is 32.2. The minimum absolute atomic E-state index is 0.567. The average molecular weight is 289 g/mol. The fraction of sp³-hybridized carbons (Fsp3) is 1.00. The zero-order valence-electron chi connectivity index (χ0n) is 12.9. The molecule has 2 nitrogen and oxygen atoms in total. The molecule has 0 heterocycles. The summed E-state index contributed by atoms with van der Waals surface area (Å²) in [6, 6.07) is 0. The summed E-state index contributed by atoms with van der Waals surface area (Å²) in [6.45, 7) is 2.27. The van der Waals surface area contributed by atoms with E-state index < -0.39 is 10.6 Å². The van der Waals surface area contributed by atoms with E-state index in [0.29, 0.717) is 5.75 Å². The molecule has 0 aliphatic carbocycles. The average Bonchev–Trinajstić information content (AvgIpc) is 2.39. The second-order valence-electron chi connectivity index (χ2n) is 5.65. The summed E-state index contributed by atoms with van der Waals surface area (Å²) in [6.07, 6.45) is 18.8. The maximum absolute atomic E-state index is 10.5. The Hall–Kier alpha value is -0.0500. The molecule has 0 atom stereocenters. The van der Waals surface area contributed by atoms with Crippen LogP contribution >= 0.6 is 0 Å². The van der Waals surface area contributed by atoms with Crippen LogP contribution in [-0.4, -0.2) is 5.75 Å². The van der Waals surface area contributed by atoms with Crippen LogP contribution < -0.4 is 0 Å². The van der Waals surface area contributed by atoms with Crippen LogP contribution in [-0.2, 0) is 14.8 Å². The molecule has 1 N–H and O–H groups in total. The van der Waals surface area contributed by atoms with Crippen molar-refractivity contribution in [2.45, 2.75) is 96.8 Å². The van der Waals surface area contributed by atoms with Gasteiger partial charge in [-0.15, -0.1) is 0 Å². The number of rotatable bonds is 15. The fourth-order valence-corrected chi connectivity index (χ4v) is 2.89. The van der Waals surface area contributed by atoms with Gasteiger partial charge in [0.1, 0.15) is 0 Å². The van der Waals surface area contributed by atoms with Gasteiger partial charge in [-0.05, 0) is 0 Å². The maximum atomic E-state index is 10.5. The Bertz CT molecular complexity index is 231. The van der Waals surface area contributed by atoms with Crippen molar-refractivity contribution >= 4 is 10.6 Å². The van der Waals surface area contributed by atoms with Gasteiger partial charge in [0.05, 0.1) is 0 Å². The topological polar surface area (TPSA) is 40.9 Å². The van der Waals surface area contributed by atoms with Crippen LogP contribution in [0.2, 0.25) is 0 Å². The van der Waals surface area contributed by atoms with E-state index in [1.54, 1.807) is 0 Å². The Balaban J connectivity index is 2.95. The lowest BCUT2D eigenvalue weighted by Crippen LogP contribution is -1.86. The lowest BCUT2D eigenvalue weighted by atomic mass is 10.0. The third-order valence-electron chi connectivity index (χ3n) is 3.68. The van der Waals surface area contributed by atoms with Gasteiger partial charge in [0.25, 0.3) is 0 Å². The first-order valence-corrected chi connectivity index (χ1v) is 9.69. The van der Waals surface area contributed by atoms with E-state index in [-0.39, 0.29) is 0 Å². The first kappa shape index (κ1) is 18.9. The van der Waals surface area contributed by atoms with Crippen LogP contribution in [0.5, 0.6) is 0 Å². The summed E-state index contributed by atoms with van der Waals surface area (Å²) in [5, 5.41) is 0. The lowest BCUT2D eigenvalue weighted by Gasteiger charge is -2.03. The lowest BCUT2D eigenvalue weighted by molar-refractivity contribution is 0.538. The third-order valence-corrected chi connectivity index (χ3v) is 4.34. The summed E-state index contributed by atoms with van der Waals surface area (Å²) in [5.41, 5.74) is 0. The highest BCUT2D eigenvalue weighted by Gasteiger charge is 1.93. The summed E-state index contributed by atoms with van der Waals surface area (Å²) in [5.74, 6) is 0.567. The Morgan fingerprint density at radius 3 is 1.26 bits per heavy atom. The smallest absolute Gasteiger partial charge is 0.0533 e. The molecule has 3 heteroatoms. The molecule has 0 radical (unpaired) electrons. The summed E-state index contributed by atoms with van der Waals surface area (Å²) in [7, 11) is -1.33. The van der Waals surface area contributed by atoms with Crippen LogP contribution in [0, 0.1) is 4.78 Å². The molecule has 0 aromatic heterocycles. The van der Waals surface area contributed by atoms with Gasteiger partial charge in [-0.2, -0.15) is 10.6 Å². The molecule has 0 amide bonds. The first-order chi connectivity index (χ1) is 9.27. The van der Waals surface area contributed by atoms with Crippen molar-refractivity contribution in [1.82, 2.24) is 0 Å². The molecular formula is C16H34NOS-. The molecule has 0 aromatic carbocycles. The van der Waals surface area contributed by atoms with Gasteiger partial charge in [0.15, 0.2) is 0 Å². The second-order valence-corrected chi connectivity index (χ2v) is 6.75. The minimum atomic E-state index is -1.33. The minimum Gasteiger partial charge on any atom is -0.445 e. The van der Waals surface area contributed by atoms with Crippen molar-refractivity contribution in [2.75, 3.05) is 5.75 Å². The predicted molar refractivity (Wildman–Crippen MR) is 86.0 cm³/mol. The third kappa shape index (κ3) is 17.9. The van der Waals surface area contributed by atoms with E-state index in [2.05, 4.69) is 6.92 Å². The van der Waals surface area contributed by atoms with Gasteiger partial charge < -0.3 is 8.99 Å². The molecular weight excluding hydrogens is 254 g/mol. The normalized spacial score (nSPS) is 11.3. The molecule has 0 aromatic rings. The number of unbranched alkanes of at least 4 members (excludes halogenated alkanes) is 13. The molecule has 116 valence electrons. The number of hydrogen-bond donors (Lipinski definition) is 1. The van der Waals surface area contributed by atoms with E-state index >= 15 is 0 Å². The van der Waals surface area contributed by atoms with Gasteiger partial charge >= 0.3 is 0 Å². The van der Waals surface area contributed by atoms with Crippen LogP contribution in [0.15, 0.2) is 0 Å². The summed E-state index contributed by atoms with van der Waals surface area (Å²) in [4.78, 5) is 0. The largest absolute Gasteiger partial charge is 0.445 e. The monoisotopic (exact) mass is 288 g/mol. The van der Waals surface area contributed by atoms with Crippen molar-refractivity contribution in [3.63, 3.8) is 0 Å². The quantitative estimate of drug-likeness (QED) is 0.283. The van der Waals surface area contributed by atoms with Crippen molar-refractivity contribution in [3.05, 3.63) is 0 Å². The van der Waals surface area contributed by atoms with Crippen molar-refractivity contribution < 1.29 is 4.21 Å². The number of nitrogens with one attached hydrogen (secondary N) is 1. The Morgan fingerprint density at radius 1 is 0.632 bits per heavy atom. The van der Waals surface area contributed by atoms with Gasteiger partial charge in [0, 0.05) is 0 Å². The van der Waals surface area contributed by atoms with Crippen LogP contribution in [0.4, 0.5) is 0 Å². The zero-order chi connectivity index (χ0) is 14.2. The highest BCUT2D eigenvalue weighted by Crippen LogP contribution is 2.12. The molecule has 0 spiro atoms. The van der Waals surface area contributed by atoms with Crippen LogP contribution in [0.1, 0.15) is 96.8 Å². The van der Waals surface area contributed by atoms with Crippen LogP contribution in [0.25, 0.3) is 0 Å². The van der Waals surface area contributed by atoms with Gasteiger partial charge in [-0.25, -0.2) is 0 Å². The van der Waals surface area contributed by atoms with E-state index in [1.807, 2.05) is 0 Å². The predicted octanol–water partition coefficient (Wildman–Crippen LogP) is 6.19. The Morgan fingerprint density at radius 2 is 0.947 bits per heavy atom. The van der Waals surface area contributed by atoms with Crippen molar-refractivity contribution in [1.29, 1.82) is 4.78 Å². The SMILES string of the molecule is CCCCCCCCCCCCCCCC[S-](=N)=O. The molecule has 0 saturated heterocycles. The standard InChI is InChI=1S/C16H34NOS/c1-2-3-4-5-6-7-8-9-10-11-12-13-14-15-16-19(17)18/h17H,2-16H2,1H3/q-1. The van der Waals surface area contributed by atoms with Crippen molar-refractivity contribution in [3.8, 4) is 0 Å². The van der Waals surface area contributed by atoms with Gasteiger partial charge in [-0.1, -0.05) is 103 Å². The molecule has 0 rings (SSSR count). The highest BCUT2D eigenvalue weighted by molar-refractivity contribution is 7.73. The van der Waals surface area contributed by atoms with Crippen LogP contribution in [0.3, 0.4) is 0 Å². The molecule has 0 unspecified atom stereocenters. The zero-order valence-corrected chi connectivity index (χ0v) is 13.7. The molecule has 0 aliphatic heterocycles. The van der Waals surface area contributed by atoms with E-state index in [4.69, 9.17) is 4.78 Å². The van der Waals surface area contributed by atoms with E-state index in [0.717, 1.165) is 12.8 Å². The maximum Gasteiger partial charge on any atom is -0.0533 e. The summed E-state index contributed by atoms with van der Waals surface area (Å²) >= 11 is 0. The second kappa shape index (κ2) is 16.0. The van der Waals surface area contributed by atoms with Gasteiger partial charge in [0.2, 0.25) is 0 Å². The molecule has 0 bridgehead atoms. The fourth-order valence-electron chi connectivity index (χ4n) is 2.43. The van der Waals surface area contributed by atoms with E-state index in [1.165, 1.54) is 77.0 Å².